The number of fused-ring (bicyclic) bond motifs is 1. The molecule has 0 aromatic carbocycles. The second kappa shape index (κ2) is 8.50. The lowest BCUT2D eigenvalue weighted by atomic mass is 10.0. The lowest BCUT2D eigenvalue weighted by molar-refractivity contribution is -0.137. The summed E-state index contributed by atoms with van der Waals surface area (Å²) in [4.78, 5) is 27.9. The van der Waals surface area contributed by atoms with Crippen molar-refractivity contribution in [3.63, 3.8) is 0 Å². The second-order valence-corrected chi connectivity index (χ2v) is 7.59. The topological polar surface area (TPSA) is 105 Å². The molecule has 146 valence electrons. The maximum Gasteiger partial charge on any atom is 0.303 e. The maximum atomic E-state index is 12.8. The van der Waals surface area contributed by atoms with E-state index in [0.29, 0.717) is 35.5 Å². The van der Waals surface area contributed by atoms with Gasteiger partial charge in [-0.05, 0) is 37.7 Å². The Hall–Kier alpha value is -2.44. The Morgan fingerprint density at radius 1 is 1.26 bits per heavy atom. The highest BCUT2D eigenvalue weighted by molar-refractivity contribution is 6.06. The average Bonchev–Trinajstić information content (AvgIpc) is 3.38. The van der Waals surface area contributed by atoms with Crippen molar-refractivity contribution < 1.29 is 19.2 Å². The van der Waals surface area contributed by atoms with E-state index in [-0.39, 0.29) is 18.2 Å². The number of nitrogens with zero attached hydrogens (tertiary/aromatic N) is 2. The van der Waals surface area contributed by atoms with Crippen molar-refractivity contribution in [2.24, 2.45) is 0 Å². The molecule has 0 bridgehead atoms. The van der Waals surface area contributed by atoms with Gasteiger partial charge in [0.1, 0.15) is 0 Å². The molecule has 2 aromatic rings. The highest BCUT2D eigenvalue weighted by Crippen LogP contribution is 2.41. The Kier molecular flexibility index (Phi) is 6.08. The van der Waals surface area contributed by atoms with Gasteiger partial charge in [-0.15, -0.1) is 0 Å². The van der Waals surface area contributed by atoms with Crippen LogP contribution in [0.2, 0.25) is 0 Å². The molecule has 0 saturated heterocycles. The molecule has 3 rings (SSSR count). The van der Waals surface area contributed by atoms with Crippen molar-refractivity contribution in [3.8, 4) is 0 Å². The summed E-state index contributed by atoms with van der Waals surface area (Å²) in [6.07, 6.45) is 5.67. The summed E-state index contributed by atoms with van der Waals surface area (Å²) in [6.45, 7) is 4.60. The van der Waals surface area contributed by atoms with Gasteiger partial charge in [-0.2, -0.15) is 0 Å². The average molecular weight is 373 g/mol. The number of amides is 1. The molecular weight excluding hydrogens is 346 g/mol. The van der Waals surface area contributed by atoms with Crippen LogP contribution < -0.4 is 5.32 Å². The van der Waals surface area contributed by atoms with Gasteiger partial charge in [-0.1, -0.05) is 31.8 Å². The van der Waals surface area contributed by atoms with Crippen LogP contribution in [-0.4, -0.2) is 33.7 Å². The smallest absolute Gasteiger partial charge is 0.303 e. The summed E-state index contributed by atoms with van der Waals surface area (Å²) < 4.78 is 5.42. The number of nitrogens with one attached hydrogen (secondary N) is 1. The monoisotopic (exact) mass is 373 g/mol. The molecule has 0 spiro atoms. The van der Waals surface area contributed by atoms with E-state index in [4.69, 9.17) is 9.63 Å². The highest BCUT2D eigenvalue weighted by Gasteiger charge is 2.29. The molecular formula is C20H27N3O4. The van der Waals surface area contributed by atoms with Gasteiger partial charge >= 0.3 is 5.97 Å². The number of carboxylic acids is 1. The van der Waals surface area contributed by atoms with Crippen molar-refractivity contribution >= 4 is 23.0 Å². The molecule has 1 fully saturated rings. The second-order valence-electron chi connectivity index (χ2n) is 7.59. The zero-order chi connectivity index (χ0) is 19.4. The molecule has 2 heterocycles. The Morgan fingerprint density at radius 2 is 2.00 bits per heavy atom. The number of unbranched alkanes of at least 4 members (excludes halogenated alkanes) is 3. The van der Waals surface area contributed by atoms with E-state index in [0.717, 1.165) is 43.5 Å². The molecule has 7 nitrogen and oxygen atoms in total. The minimum absolute atomic E-state index is 0.125. The van der Waals surface area contributed by atoms with Crippen LogP contribution in [0.4, 0.5) is 0 Å². The summed E-state index contributed by atoms with van der Waals surface area (Å²) in [6, 6.07) is 1.89. The highest BCUT2D eigenvalue weighted by atomic mass is 16.5. The fraction of sp³-hybridized carbons (Fsp3) is 0.600. The predicted octanol–water partition coefficient (Wildman–Crippen LogP) is 3.99. The Bertz CT molecular complexity index is 824. The molecule has 1 aliphatic carbocycles. The summed E-state index contributed by atoms with van der Waals surface area (Å²) in [5.41, 5.74) is 2.71. The Balaban J connectivity index is 1.66. The Labute approximate surface area is 158 Å². The van der Waals surface area contributed by atoms with Crippen LogP contribution in [-0.2, 0) is 4.79 Å². The first-order chi connectivity index (χ1) is 13.0. The summed E-state index contributed by atoms with van der Waals surface area (Å²) >= 11 is 0. The lowest BCUT2D eigenvalue weighted by Gasteiger charge is -2.09. The van der Waals surface area contributed by atoms with Gasteiger partial charge in [0.05, 0.1) is 16.6 Å². The zero-order valence-corrected chi connectivity index (χ0v) is 16.0. The van der Waals surface area contributed by atoms with Crippen LogP contribution in [0, 0.1) is 0 Å². The van der Waals surface area contributed by atoms with Crippen molar-refractivity contribution in [3.05, 3.63) is 23.0 Å². The van der Waals surface area contributed by atoms with E-state index < -0.39 is 5.97 Å². The molecule has 1 aliphatic rings. The fourth-order valence-corrected chi connectivity index (χ4v) is 3.21. The first kappa shape index (κ1) is 19.3. The molecule has 2 N–H and O–H groups in total. The van der Waals surface area contributed by atoms with Gasteiger partial charge in [0.15, 0.2) is 0 Å². The van der Waals surface area contributed by atoms with E-state index in [1.807, 2.05) is 19.9 Å². The van der Waals surface area contributed by atoms with E-state index in [9.17, 15) is 9.59 Å². The lowest BCUT2D eigenvalue weighted by Crippen LogP contribution is -2.25. The van der Waals surface area contributed by atoms with Gasteiger partial charge in [-0.25, -0.2) is 4.98 Å². The number of carboxylic acid groups (broad SMARTS) is 1. The van der Waals surface area contributed by atoms with Crippen LogP contribution in [0.5, 0.6) is 0 Å². The van der Waals surface area contributed by atoms with E-state index >= 15 is 0 Å². The molecule has 7 heteroatoms. The molecule has 0 radical (unpaired) electrons. The summed E-state index contributed by atoms with van der Waals surface area (Å²) in [7, 11) is 0. The number of carbonyl (C=O) groups is 2. The van der Waals surface area contributed by atoms with Crippen molar-refractivity contribution in [1.29, 1.82) is 0 Å². The third kappa shape index (κ3) is 4.84. The number of carbonyl (C=O) groups excluding carboxylic acids is 1. The molecule has 0 aliphatic heterocycles. The predicted molar refractivity (Wildman–Crippen MR) is 101 cm³/mol. The molecule has 0 unspecified atom stereocenters. The van der Waals surface area contributed by atoms with Crippen LogP contribution >= 0.6 is 0 Å². The van der Waals surface area contributed by atoms with Crippen molar-refractivity contribution in [2.45, 2.75) is 70.6 Å². The summed E-state index contributed by atoms with van der Waals surface area (Å²) in [5.74, 6) is -0.325. The van der Waals surface area contributed by atoms with Gasteiger partial charge in [0.25, 0.3) is 11.6 Å². The fourth-order valence-electron chi connectivity index (χ4n) is 3.21. The number of aliphatic carboxylic acids is 1. The quantitative estimate of drug-likeness (QED) is 0.610. The van der Waals surface area contributed by atoms with Crippen molar-refractivity contribution in [2.75, 3.05) is 6.54 Å². The molecule has 2 aromatic heterocycles. The maximum absolute atomic E-state index is 12.8. The minimum atomic E-state index is -0.758. The number of aromatic nitrogens is 2. The molecule has 1 amide bonds. The van der Waals surface area contributed by atoms with Gasteiger partial charge in [-0.3, -0.25) is 9.59 Å². The van der Waals surface area contributed by atoms with Crippen LogP contribution in [0.1, 0.15) is 92.4 Å². The van der Waals surface area contributed by atoms with Crippen molar-refractivity contribution in [1.82, 2.24) is 15.5 Å². The minimum Gasteiger partial charge on any atom is -0.481 e. The number of hydrogen-bond acceptors (Lipinski definition) is 5. The van der Waals surface area contributed by atoms with E-state index in [1.54, 1.807) is 0 Å². The SMILES string of the molecule is CC(C)c1noc2nc(C3CC3)cc(C(=O)NCCCCCCC(=O)O)c12. The standard InChI is InChI=1S/C20H27N3O4/c1-12(2)18-17-14(11-15(13-8-9-13)22-20(17)27-23-18)19(26)21-10-6-4-3-5-7-16(24)25/h11-13H,3-10H2,1-2H3,(H,21,26)(H,24,25). The zero-order valence-electron chi connectivity index (χ0n) is 16.0. The van der Waals surface area contributed by atoms with Gasteiger partial charge in [0, 0.05) is 24.6 Å². The van der Waals surface area contributed by atoms with Gasteiger partial charge in [0.2, 0.25) is 0 Å². The summed E-state index contributed by atoms with van der Waals surface area (Å²) in [5, 5.41) is 16.5. The Morgan fingerprint density at radius 3 is 2.67 bits per heavy atom. The van der Waals surface area contributed by atoms with E-state index in [2.05, 4.69) is 15.5 Å². The number of rotatable bonds is 10. The number of pyridine rings is 1. The molecule has 1 saturated carbocycles. The number of hydrogen-bond donors (Lipinski definition) is 2. The first-order valence-corrected chi connectivity index (χ1v) is 9.77. The third-order valence-electron chi connectivity index (χ3n) is 4.88. The molecule has 0 atom stereocenters. The van der Waals surface area contributed by atoms with Crippen LogP contribution in [0.25, 0.3) is 11.1 Å². The third-order valence-corrected chi connectivity index (χ3v) is 4.88. The van der Waals surface area contributed by atoms with E-state index in [1.165, 1.54) is 0 Å². The normalized spacial score (nSPS) is 14.0. The molecule has 27 heavy (non-hydrogen) atoms. The first-order valence-electron chi connectivity index (χ1n) is 9.77. The largest absolute Gasteiger partial charge is 0.481 e. The van der Waals surface area contributed by atoms with Gasteiger partial charge < -0.3 is 14.9 Å². The van der Waals surface area contributed by atoms with Crippen LogP contribution in [0.15, 0.2) is 10.6 Å². The van der Waals surface area contributed by atoms with Crippen LogP contribution in [0.3, 0.4) is 0 Å².